The number of carbonyl (C=O) groups is 1. The summed E-state index contributed by atoms with van der Waals surface area (Å²) in [5, 5.41) is 3.05. The molecular weight excluding hydrogens is 404 g/mol. The molecule has 1 atom stereocenters. The standard InChI is InChI=1S/C22H23BrN2O2/c1-16(10-11-17-6-3-2-4-7-17)25-21(26)12-13-22-24-15-20(27-22)18-8-5-9-19(23)14-18/h2-9,14-16H,10-13H2,1H3,(H,25,26). The van der Waals surface area contributed by atoms with E-state index in [-0.39, 0.29) is 11.9 Å². The van der Waals surface area contributed by atoms with Crippen LogP contribution >= 0.6 is 15.9 Å². The molecule has 2 aromatic carbocycles. The average Bonchev–Trinajstić information content (AvgIpc) is 3.15. The summed E-state index contributed by atoms with van der Waals surface area (Å²) in [4.78, 5) is 16.5. The molecule has 1 amide bonds. The number of aryl methyl sites for hydroxylation is 2. The third-order valence-electron chi connectivity index (χ3n) is 4.34. The van der Waals surface area contributed by atoms with Crippen LogP contribution in [0.3, 0.4) is 0 Å². The van der Waals surface area contributed by atoms with Crippen molar-refractivity contribution in [2.24, 2.45) is 0 Å². The zero-order valence-corrected chi connectivity index (χ0v) is 16.9. The van der Waals surface area contributed by atoms with Crippen LogP contribution in [0.15, 0.2) is 69.7 Å². The first-order valence-corrected chi connectivity index (χ1v) is 9.93. The predicted octanol–water partition coefficient (Wildman–Crippen LogP) is 5.17. The molecule has 1 N–H and O–H groups in total. The van der Waals surface area contributed by atoms with Crippen LogP contribution in [-0.4, -0.2) is 16.9 Å². The van der Waals surface area contributed by atoms with Crippen molar-refractivity contribution in [3.8, 4) is 11.3 Å². The molecule has 0 aliphatic carbocycles. The van der Waals surface area contributed by atoms with E-state index in [2.05, 4.69) is 38.4 Å². The van der Waals surface area contributed by atoms with Crippen LogP contribution < -0.4 is 5.32 Å². The maximum Gasteiger partial charge on any atom is 0.220 e. The molecule has 3 aromatic rings. The average molecular weight is 427 g/mol. The summed E-state index contributed by atoms with van der Waals surface area (Å²) in [5.74, 6) is 1.32. The van der Waals surface area contributed by atoms with Gasteiger partial charge < -0.3 is 9.73 Å². The molecular formula is C22H23BrN2O2. The maximum absolute atomic E-state index is 12.2. The third-order valence-corrected chi connectivity index (χ3v) is 4.84. The number of benzene rings is 2. The van der Waals surface area contributed by atoms with Crippen molar-refractivity contribution < 1.29 is 9.21 Å². The van der Waals surface area contributed by atoms with Crippen molar-refractivity contribution >= 4 is 21.8 Å². The molecule has 1 heterocycles. The van der Waals surface area contributed by atoms with Gasteiger partial charge in [0.2, 0.25) is 5.91 Å². The van der Waals surface area contributed by atoms with E-state index in [4.69, 9.17) is 4.42 Å². The Bertz CT molecular complexity index is 877. The minimum atomic E-state index is 0.0257. The molecule has 4 nitrogen and oxygen atoms in total. The third kappa shape index (κ3) is 6.07. The van der Waals surface area contributed by atoms with Crippen molar-refractivity contribution in [3.63, 3.8) is 0 Å². The van der Waals surface area contributed by atoms with Gasteiger partial charge in [-0.25, -0.2) is 4.98 Å². The van der Waals surface area contributed by atoms with Crippen molar-refractivity contribution in [2.45, 2.75) is 38.6 Å². The Kier molecular flexibility index (Phi) is 6.82. The molecule has 0 aliphatic heterocycles. The SMILES string of the molecule is CC(CCc1ccccc1)NC(=O)CCc1ncc(-c2cccc(Br)c2)o1. The van der Waals surface area contributed by atoms with E-state index < -0.39 is 0 Å². The summed E-state index contributed by atoms with van der Waals surface area (Å²) in [7, 11) is 0. The molecule has 0 bridgehead atoms. The summed E-state index contributed by atoms with van der Waals surface area (Å²) >= 11 is 3.45. The predicted molar refractivity (Wildman–Crippen MR) is 110 cm³/mol. The molecule has 1 unspecified atom stereocenters. The Morgan fingerprint density at radius 2 is 1.96 bits per heavy atom. The van der Waals surface area contributed by atoms with Crippen LogP contribution in [0.25, 0.3) is 11.3 Å². The lowest BCUT2D eigenvalue weighted by molar-refractivity contribution is -0.121. The zero-order valence-electron chi connectivity index (χ0n) is 15.3. The summed E-state index contributed by atoms with van der Waals surface area (Å²) < 4.78 is 6.76. The van der Waals surface area contributed by atoms with Crippen molar-refractivity contribution in [1.82, 2.24) is 10.3 Å². The van der Waals surface area contributed by atoms with E-state index in [0.29, 0.717) is 24.5 Å². The molecule has 0 saturated carbocycles. The number of hydrogen-bond acceptors (Lipinski definition) is 3. The largest absolute Gasteiger partial charge is 0.441 e. The second kappa shape index (κ2) is 9.51. The number of rotatable bonds is 8. The molecule has 0 radical (unpaired) electrons. The number of nitrogens with one attached hydrogen (secondary N) is 1. The molecule has 0 spiro atoms. The van der Waals surface area contributed by atoms with Crippen molar-refractivity contribution in [2.75, 3.05) is 0 Å². The number of hydrogen-bond donors (Lipinski definition) is 1. The van der Waals surface area contributed by atoms with Gasteiger partial charge in [-0.1, -0.05) is 58.4 Å². The Labute approximate surface area is 168 Å². The van der Waals surface area contributed by atoms with Gasteiger partial charge in [0.15, 0.2) is 11.7 Å². The van der Waals surface area contributed by atoms with Gasteiger partial charge in [0, 0.05) is 28.9 Å². The summed E-state index contributed by atoms with van der Waals surface area (Å²) in [6, 6.07) is 18.3. The van der Waals surface area contributed by atoms with E-state index in [1.165, 1.54) is 5.56 Å². The van der Waals surface area contributed by atoms with Crippen LogP contribution in [0.5, 0.6) is 0 Å². The molecule has 3 rings (SSSR count). The van der Waals surface area contributed by atoms with Crippen LogP contribution in [-0.2, 0) is 17.6 Å². The summed E-state index contributed by atoms with van der Waals surface area (Å²) in [6.45, 7) is 2.04. The normalized spacial score (nSPS) is 11.9. The highest BCUT2D eigenvalue weighted by Gasteiger charge is 2.11. The van der Waals surface area contributed by atoms with E-state index in [0.717, 1.165) is 22.9 Å². The Balaban J connectivity index is 1.44. The van der Waals surface area contributed by atoms with Gasteiger partial charge >= 0.3 is 0 Å². The fourth-order valence-electron chi connectivity index (χ4n) is 2.87. The number of carbonyl (C=O) groups excluding carboxylic acids is 1. The summed E-state index contributed by atoms with van der Waals surface area (Å²) in [6.07, 6.45) is 4.44. The molecule has 5 heteroatoms. The van der Waals surface area contributed by atoms with Gasteiger partial charge in [-0.3, -0.25) is 4.79 Å². The Morgan fingerprint density at radius 3 is 2.74 bits per heavy atom. The monoisotopic (exact) mass is 426 g/mol. The number of amides is 1. The van der Waals surface area contributed by atoms with Gasteiger partial charge in [0.05, 0.1) is 6.20 Å². The minimum Gasteiger partial charge on any atom is -0.441 e. The summed E-state index contributed by atoms with van der Waals surface area (Å²) in [5.41, 5.74) is 2.25. The highest BCUT2D eigenvalue weighted by Crippen LogP contribution is 2.24. The number of halogens is 1. The number of aromatic nitrogens is 1. The highest BCUT2D eigenvalue weighted by molar-refractivity contribution is 9.10. The molecule has 27 heavy (non-hydrogen) atoms. The first-order chi connectivity index (χ1) is 13.1. The first kappa shape index (κ1) is 19.4. The van der Waals surface area contributed by atoms with E-state index in [9.17, 15) is 4.79 Å². The van der Waals surface area contributed by atoms with Gasteiger partial charge in [0.1, 0.15) is 0 Å². The molecule has 140 valence electrons. The van der Waals surface area contributed by atoms with Crippen LogP contribution in [0, 0.1) is 0 Å². The lowest BCUT2D eigenvalue weighted by Gasteiger charge is -2.13. The number of nitrogens with zero attached hydrogens (tertiary/aromatic N) is 1. The molecule has 0 fully saturated rings. The fraction of sp³-hybridized carbons (Fsp3) is 0.273. The fourth-order valence-corrected chi connectivity index (χ4v) is 3.27. The molecule has 1 aromatic heterocycles. The second-order valence-electron chi connectivity index (χ2n) is 6.62. The quantitative estimate of drug-likeness (QED) is 0.540. The van der Waals surface area contributed by atoms with Crippen LogP contribution in [0.2, 0.25) is 0 Å². The van der Waals surface area contributed by atoms with Crippen molar-refractivity contribution in [1.29, 1.82) is 0 Å². The molecule has 0 saturated heterocycles. The number of oxazole rings is 1. The second-order valence-corrected chi connectivity index (χ2v) is 7.54. The van der Waals surface area contributed by atoms with Crippen LogP contribution in [0.1, 0.15) is 31.2 Å². The van der Waals surface area contributed by atoms with Gasteiger partial charge in [0.25, 0.3) is 0 Å². The first-order valence-electron chi connectivity index (χ1n) is 9.14. The Morgan fingerprint density at radius 1 is 1.15 bits per heavy atom. The van der Waals surface area contributed by atoms with Gasteiger partial charge in [-0.15, -0.1) is 0 Å². The molecule has 0 aliphatic rings. The lowest BCUT2D eigenvalue weighted by Crippen LogP contribution is -2.33. The van der Waals surface area contributed by atoms with E-state index in [1.54, 1.807) is 6.20 Å². The van der Waals surface area contributed by atoms with Crippen LogP contribution in [0.4, 0.5) is 0 Å². The minimum absolute atomic E-state index is 0.0257. The lowest BCUT2D eigenvalue weighted by atomic mass is 10.1. The van der Waals surface area contributed by atoms with Crippen molar-refractivity contribution in [3.05, 3.63) is 76.7 Å². The highest BCUT2D eigenvalue weighted by atomic mass is 79.9. The maximum atomic E-state index is 12.2. The van der Waals surface area contributed by atoms with E-state index >= 15 is 0 Å². The van der Waals surface area contributed by atoms with Gasteiger partial charge in [-0.2, -0.15) is 0 Å². The van der Waals surface area contributed by atoms with E-state index in [1.807, 2.05) is 49.4 Å². The smallest absolute Gasteiger partial charge is 0.220 e. The Hall–Kier alpha value is -2.40. The topological polar surface area (TPSA) is 55.1 Å². The zero-order chi connectivity index (χ0) is 19.1. The van der Waals surface area contributed by atoms with Gasteiger partial charge in [-0.05, 0) is 37.5 Å².